The molecule has 0 spiro atoms. The van der Waals surface area contributed by atoms with E-state index in [4.69, 9.17) is 0 Å². The van der Waals surface area contributed by atoms with E-state index in [1.165, 1.54) is 30.7 Å². The molecule has 0 heterocycles. The van der Waals surface area contributed by atoms with E-state index >= 15 is 0 Å². The first-order chi connectivity index (χ1) is 14.6. The van der Waals surface area contributed by atoms with Crippen LogP contribution in [0.5, 0.6) is 0 Å². The van der Waals surface area contributed by atoms with E-state index in [1.807, 2.05) is 0 Å². The van der Waals surface area contributed by atoms with Gasteiger partial charge in [-0.05, 0) is 27.7 Å². The van der Waals surface area contributed by atoms with E-state index in [1.54, 1.807) is 0 Å². The Morgan fingerprint density at radius 2 is 0.906 bits per heavy atom. The fraction of sp³-hybridized carbons (Fsp3) is 1.00. The molecule has 196 valence electrons. The molecule has 0 N–H and O–H groups in total. The molecule has 8 unspecified atom stereocenters. The van der Waals surface area contributed by atoms with Crippen LogP contribution in [0, 0.1) is 0 Å². The van der Waals surface area contributed by atoms with E-state index in [2.05, 4.69) is 27.7 Å². The van der Waals surface area contributed by atoms with Crippen LogP contribution in [0.25, 0.3) is 0 Å². The summed E-state index contributed by atoms with van der Waals surface area (Å²) >= 11 is 0. The van der Waals surface area contributed by atoms with Crippen molar-refractivity contribution < 1.29 is 57.0 Å². The summed E-state index contributed by atoms with van der Waals surface area (Å²) in [6.45, 7) is 12.1. The minimum Gasteiger partial charge on any atom is -0.748 e. The number of rotatable bonds is 14. The zero-order valence-electron chi connectivity index (χ0n) is 18.3. The molecule has 0 rings (SSSR count). The highest BCUT2D eigenvalue weighted by molar-refractivity contribution is 7.85. The Morgan fingerprint density at radius 1 is 0.625 bits per heavy atom. The number of hydrogen-bond acceptors (Lipinski definition) is 3. The van der Waals surface area contributed by atoms with Crippen LogP contribution in [0.4, 0.5) is 39.5 Å². The first kappa shape index (κ1) is 33.4. The highest BCUT2D eigenvalue weighted by Crippen LogP contribution is 2.27. The SMILES string of the molecule is CC[N+](CC)(CC)CC.O=S(=O)([O-])CC(F)C(F)C(F)C(F)C(F)C(F)C(F)C(F)CF. The van der Waals surface area contributed by atoms with Crippen molar-refractivity contribution in [2.45, 2.75) is 77.1 Å². The Morgan fingerprint density at radius 3 is 1.12 bits per heavy atom. The van der Waals surface area contributed by atoms with Gasteiger partial charge in [0.05, 0.1) is 42.1 Å². The monoisotopic (exact) mass is 513 g/mol. The number of alkyl halides is 9. The van der Waals surface area contributed by atoms with Gasteiger partial charge in [0, 0.05) is 0 Å². The predicted molar refractivity (Wildman–Crippen MR) is 102 cm³/mol. The Kier molecular flexibility index (Phi) is 15.9. The van der Waals surface area contributed by atoms with E-state index in [0.717, 1.165) is 0 Å². The summed E-state index contributed by atoms with van der Waals surface area (Å²) in [5.41, 5.74) is 0. The summed E-state index contributed by atoms with van der Waals surface area (Å²) in [5.74, 6) is -2.10. The largest absolute Gasteiger partial charge is 0.748 e. The Balaban J connectivity index is 0. The van der Waals surface area contributed by atoms with Crippen molar-refractivity contribution in [1.29, 1.82) is 0 Å². The van der Waals surface area contributed by atoms with Crippen LogP contribution in [0.1, 0.15) is 27.7 Å². The maximum atomic E-state index is 13.2. The molecule has 0 aromatic heterocycles. The van der Waals surface area contributed by atoms with Gasteiger partial charge in [-0.25, -0.2) is 47.9 Å². The van der Waals surface area contributed by atoms with Gasteiger partial charge in [-0.2, -0.15) is 0 Å². The molecule has 0 radical (unpaired) electrons. The second-order valence-corrected chi connectivity index (χ2v) is 8.63. The Labute approximate surface area is 183 Å². The van der Waals surface area contributed by atoms with Crippen LogP contribution >= 0.6 is 0 Å². The summed E-state index contributed by atoms with van der Waals surface area (Å²) in [6.07, 6.45) is -29.0. The van der Waals surface area contributed by atoms with Gasteiger partial charge in [0.2, 0.25) is 0 Å². The van der Waals surface area contributed by atoms with Crippen molar-refractivity contribution in [3.63, 3.8) is 0 Å². The minimum absolute atomic E-state index is 1.28. The van der Waals surface area contributed by atoms with Crippen molar-refractivity contribution in [3.05, 3.63) is 0 Å². The van der Waals surface area contributed by atoms with Crippen LogP contribution < -0.4 is 0 Å². The molecule has 0 aromatic rings. The van der Waals surface area contributed by atoms with Crippen LogP contribution in [0.2, 0.25) is 0 Å². The average molecular weight is 514 g/mol. The topological polar surface area (TPSA) is 57.2 Å². The first-order valence-corrected chi connectivity index (χ1v) is 11.6. The second-order valence-electron chi connectivity index (χ2n) is 7.18. The highest BCUT2D eigenvalue weighted by atomic mass is 32.2. The van der Waals surface area contributed by atoms with E-state index in [0.29, 0.717) is 0 Å². The second kappa shape index (κ2) is 15.2. The quantitative estimate of drug-likeness (QED) is 0.200. The molecule has 0 aliphatic heterocycles. The summed E-state index contributed by atoms with van der Waals surface area (Å²) in [6, 6.07) is 0. The third kappa shape index (κ3) is 10.9. The molecule has 0 aliphatic rings. The number of hydrogen-bond donors (Lipinski definition) is 0. The number of quaternary nitrogens is 1. The Bertz CT molecular complexity index is 581. The molecule has 8 atom stereocenters. The summed E-state index contributed by atoms with van der Waals surface area (Å²) in [4.78, 5) is 0. The van der Waals surface area contributed by atoms with Gasteiger partial charge in [-0.3, -0.25) is 0 Å². The van der Waals surface area contributed by atoms with Crippen molar-refractivity contribution in [2.75, 3.05) is 38.6 Å². The summed E-state index contributed by atoms with van der Waals surface area (Å²) in [7, 11) is -5.37. The lowest BCUT2D eigenvalue weighted by molar-refractivity contribution is -0.921. The van der Waals surface area contributed by atoms with Gasteiger partial charge in [0.25, 0.3) is 0 Å². The molecule has 14 heteroatoms. The maximum absolute atomic E-state index is 13.2. The van der Waals surface area contributed by atoms with E-state index in [9.17, 15) is 52.5 Å². The lowest BCUT2D eigenvalue weighted by Crippen LogP contribution is -2.47. The van der Waals surface area contributed by atoms with Crippen molar-refractivity contribution >= 4 is 10.1 Å². The predicted octanol–water partition coefficient (Wildman–Crippen LogP) is 4.09. The smallest absolute Gasteiger partial charge is 0.168 e. The van der Waals surface area contributed by atoms with Crippen LogP contribution in [-0.2, 0) is 10.1 Å². The third-order valence-electron chi connectivity index (χ3n) is 5.41. The van der Waals surface area contributed by atoms with Crippen molar-refractivity contribution in [3.8, 4) is 0 Å². The molecule has 4 nitrogen and oxygen atoms in total. The molecule has 0 saturated heterocycles. The fourth-order valence-electron chi connectivity index (χ4n) is 2.82. The maximum Gasteiger partial charge on any atom is 0.168 e. The number of halogens is 9. The Hall–Kier alpha value is -0.760. The molecule has 0 saturated carbocycles. The molecular formula is C18H32F9NO3S. The molecule has 0 aliphatic carbocycles. The fourth-order valence-corrected chi connectivity index (χ4v) is 3.39. The van der Waals surface area contributed by atoms with E-state index in [-0.39, 0.29) is 0 Å². The molecule has 0 fully saturated rings. The van der Waals surface area contributed by atoms with Gasteiger partial charge in [0.1, 0.15) is 12.8 Å². The standard InChI is InChI=1S/C10H13F9O3S.C8H20N/c11-1-3(12)5(14)7(16)9(18)10(19)8(17)6(15)4(13)2-23(20,21)22;1-5-9(6-2,7-3)8-4/h3-10H,1-2H2,(H,20,21,22);5-8H2,1-4H3/q;+1/p-1. The van der Waals surface area contributed by atoms with Gasteiger partial charge < -0.3 is 9.04 Å². The van der Waals surface area contributed by atoms with Gasteiger partial charge >= 0.3 is 0 Å². The van der Waals surface area contributed by atoms with Gasteiger partial charge in [-0.15, -0.1) is 0 Å². The lowest BCUT2D eigenvalue weighted by Gasteiger charge is -2.34. The van der Waals surface area contributed by atoms with Crippen molar-refractivity contribution in [1.82, 2.24) is 0 Å². The van der Waals surface area contributed by atoms with Crippen LogP contribution in [-0.4, -0.2) is 105 Å². The first-order valence-electron chi connectivity index (χ1n) is 10.0. The molecular weight excluding hydrogens is 481 g/mol. The minimum atomic E-state index is -5.37. The zero-order valence-corrected chi connectivity index (χ0v) is 19.2. The molecule has 0 aromatic carbocycles. The van der Waals surface area contributed by atoms with Gasteiger partial charge in [0.15, 0.2) is 43.2 Å². The summed E-state index contributed by atoms with van der Waals surface area (Å²) in [5, 5.41) is 0. The average Bonchev–Trinajstić information content (AvgIpc) is 2.76. The third-order valence-corrected chi connectivity index (χ3v) is 6.13. The van der Waals surface area contributed by atoms with Crippen LogP contribution in [0.15, 0.2) is 0 Å². The highest BCUT2D eigenvalue weighted by Gasteiger charge is 2.47. The van der Waals surface area contributed by atoms with E-state index < -0.39 is 71.9 Å². The normalized spacial score (nSPS) is 20.2. The van der Waals surface area contributed by atoms with Crippen LogP contribution in [0.3, 0.4) is 0 Å². The molecule has 0 bridgehead atoms. The molecule has 0 amide bonds. The van der Waals surface area contributed by atoms with Gasteiger partial charge in [-0.1, -0.05) is 0 Å². The number of nitrogens with zero attached hydrogens (tertiary/aromatic N) is 1. The zero-order chi connectivity index (χ0) is 25.9. The molecule has 32 heavy (non-hydrogen) atoms. The van der Waals surface area contributed by atoms with Crippen molar-refractivity contribution in [2.24, 2.45) is 0 Å². The summed E-state index contributed by atoms with van der Waals surface area (Å²) < 4.78 is 147. The lowest BCUT2D eigenvalue weighted by atomic mass is 9.98.